The quantitative estimate of drug-likeness (QED) is 0.735. The van der Waals surface area contributed by atoms with Gasteiger partial charge >= 0.3 is 0 Å². The van der Waals surface area contributed by atoms with Crippen molar-refractivity contribution >= 4 is 17.3 Å². The first-order valence-corrected chi connectivity index (χ1v) is 7.30. The molecule has 1 aliphatic heterocycles. The molecule has 0 radical (unpaired) electrons. The molecular formula is C17H15N5O. The molecule has 0 saturated carbocycles. The van der Waals surface area contributed by atoms with Gasteiger partial charge in [-0.05, 0) is 42.0 Å². The monoisotopic (exact) mass is 305 g/mol. The standard InChI is InChI=1S/C17H15N5O/c1-21-16-7-2-11(8-12(16)9-17(21)23)15-10-22(20-19-15)14-5-3-13(18)4-6-14/h2-8,10H,9,18H2,1H3. The normalized spacial score (nSPS) is 13.4. The van der Waals surface area contributed by atoms with Crippen molar-refractivity contribution in [2.45, 2.75) is 6.42 Å². The van der Waals surface area contributed by atoms with Gasteiger partial charge in [0.05, 0.1) is 18.3 Å². The Hall–Kier alpha value is -3.15. The molecule has 23 heavy (non-hydrogen) atoms. The van der Waals surface area contributed by atoms with E-state index in [1.807, 2.05) is 48.7 Å². The molecule has 0 fully saturated rings. The minimum Gasteiger partial charge on any atom is -0.399 e. The molecule has 0 saturated heterocycles. The lowest BCUT2D eigenvalue weighted by atomic mass is 10.1. The van der Waals surface area contributed by atoms with Gasteiger partial charge in [0, 0.05) is 24.0 Å². The van der Waals surface area contributed by atoms with Crippen LogP contribution in [0.1, 0.15) is 5.56 Å². The molecule has 2 N–H and O–H groups in total. The van der Waals surface area contributed by atoms with Crippen molar-refractivity contribution in [3.05, 3.63) is 54.2 Å². The highest BCUT2D eigenvalue weighted by Gasteiger charge is 2.24. The van der Waals surface area contributed by atoms with Crippen LogP contribution in [0.5, 0.6) is 0 Å². The van der Waals surface area contributed by atoms with Crippen molar-refractivity contribution in [1.82, 2.24) is 15.0 Å². The maximum atomic E-state index is 11.8. The number of carbonyl (C=O) groups excluding carboxylic acids is 1. The summed E-state index contributed by atoms with van der Waals surface area (Å²) in [5.41, 5.74) is 11.0. The van der Waals surface area contributed by atoms with Crippen molar-refractivity contribution in [1.29, 1.82) is 0 Å². The van der Waals surface area contributed by atoms with E-state index >= 15 is 0 Å². The Morgan fingerprint density at radius 3 is 2.70 bits per heavy atom. The zero-order valence-corrected chi connectivity index (χ0v) is 12.6. The summed E-state index contributed by atoms with van der Waals surface area (Å²) < 4.78 is 1.71. The lowest BCUT2D eigenvalue weighted by molar-refractivity contribution is -0.117. The maximum absolute atomic E-state index is 11.8. The molecular weight excluding hydrogens is 290 g/mol. The molecule has 6 nitrogen and oxygen atoms in total. The molecule has 0 spiro atoms. The third kappa shape index (κ3) is 2.24. The Kier molecular flexibility index (Phi) is 2.90. The molecule has 6 heteroatoms. The number of nitrogens with zero attached hydrogens (tertiary/aromatic N) is 4. The number of hydrogen-bond acceptors (Lipinski definition) is 4. The van der Waals surface area contributed by atoms with Crippen LogP contribution in [0.3, 0.4) is 0 Å². The van der Waals surface area contributed by atoms with Crippen LogP contribution in [-0.2, 0) is 11.2 Å². The van der Waals surface area contributed by atoms with E-state index in [1.165, 1.54) is 0 Å². The van der Waals surface area contributed by atoms with Crippen LogP contribution >= 0.6 is 0 Å². The fraction of sp³-hybridized carbons (Fsp3) is 0.118. The van der Waals surface area contributed by atoms with E-state index in [-0.39, 0.29) is 5.91 Å². The zero-order valence-electron chi connectivity index (χ0n) is 12.6. The van der Waals surface area contributed by atoms with E-state index in [2.05, 4.69) is 10.3 Å². The number of anilines is 2. The summed E-state index contributed by atoms with van der Waals surface area (Å²) in [6, 6.07) is 13.4. The molecule has 0 bridgehead atoms. The van der Waals surface area contributed by atoms with Gasteiger partial charge < -0.3 is 10.6 Å². The summed E-state index contributed by atoms with van der Waals surface area (Å²) in [6.45, 7) is 0. The Balaban J connectivity index is 1.69. The van der Waals surface area contributed by atoms with Gasteiger partial charge in [-0.3, -0.25) is 4.79 Å². The second-order valence-electron chi connectivity index (χ2n) is 5.61. The Labute approximate surface area is 133 Å². The van der Waals surface area contributed by atoms with Crippen molar-refractivity contribution in [3.63, 3.8) is 0 Å². The van der Waals surface area contributed by atoms with Crippen molar-refractivity contribution in [2.75, 3.05) is 17.7 Å². The van der Waals surface area contributed by atoms with E-state index in [0.717, 1.165) is 28.2 Å². The summed E-state index contributed by atoms with van der Waals surface area (Å²) in [7, 11) is 1.80. The molecule has 0 atom stereocenters. The predicted molar refractivity (Wildman–Crippen MR) is 88.3 cm³/mol. The number of nitrogens with two attached hydrogens (primary N) is 1. The summed E-state index contributed by atoms with van der Waals surface area (Å²) in [5.74, 6) is 0.114. The SMILES string of the molecule is CN1C(=O)Cc2cc(-c3cn(-c4ccc(N)cc4)nn3)ccc21. The second-order valence-corrected chi connectivity index (χ2v) is 5.61. The van der Waals surface area contributed by atoms with Crippen LogP contribution in [0.15, 0.2) is 48.7 Å². The van der Waals surface area contributed by atoms with Gasteiger partial charge in [-0.2, -0.15) is 0 Å². The van der Waals surface area contributed by atoms with Crippen LogP contribution in [0, 0.1) is 0 Å². The fourth-order valence-corrected chi connectivity index (χ4v) is 2.78. The lowest BCUT2D eigenvalue weighted by Gasteiger charge is -2.09. The van der Waals surface area contributed by atoms with Crippen molar-refractivity contribution in [3.8, 4) is 16.9 Å². The molecule has 1 aromatic heterocycles. The van der Waals surface area contributed by atoms with Crippen LogP contribution in [0.25, 0.3) is 16.9 Å². The van der Waals surface area contributed by atoms with E-state index < -0.39 is 0 Å². The molecule has 1 aliphatic rings. The van der Waals surface area contributed by atoms with Gasteiger partial charge in [-0.15, -0.1) is 5.10 Å². The number of carbonyl (C=O) groups is 1. The number of aromatic nitrogens is 3. The third-order valence-corrected chi connectivity index (χ3v) is 4.10. The molecule has 1 amide bonds. The first kappa shape index (κ1) is 13.5. The maximum Gasteiger partial charge on any atom is 0.231 e. The third-order valence-electron chi connectivity index (χ3n) is 4.10. The molecule has 3 aromatic rings. The van der Waals surface area contributed by atoms with E-state index in [4.69, 9.17) is 5.73 Å². The van der Waals surface area contributed by atoms with Crippen LogP contribution < -0.4 is 10.6 Å². The lowest BCUT2D eigenvalue weighted by Crippen LogP contribution is -2.20. The highest BCUT2D eigenvalue weighted by atomic mass is 16.2. The smallest absolute Gasteiger partial charge is 0.231 e. The molecule has 4 rings (SSSR count). The average molecular weight is 305 g/mol. The van der Waals surface area contributed by atoms with Gasteiger partial charge in [-0.25, -0.2) is 4.68 Å². The Bertz CT molecular complexity index is 898. The number of nitrogen functional groups attached to an aromatic ring is 1. The van der Waals surface area contributed by atoms with Crippen molar-refractivity contribution < 1.29 is 4.79 Å². The van der Waals surface area contributed by atoms with E-state index in [1.54, 1.807) is 16.6 Å². The van der Waals surface area contributed by atoms with Crippen LogP contribution in [-0.4, -0.2) is 27.9 Å². The number of hydrogen-bond donors (Lipinski definition) is 1. The highest BCUT2D eigenvalue weighted by Crippen LogP contribution is 2.31. The van der Waals surface area contributed by atoms with Crippen LogP contribution in [0.4, 0.5) is 11.4 Å². The summed E-state index contributed by atoms with van der Waals surface area (Å²) in [4.78, 5) is 13.5. The minimum absolute atomic E-state index is 0.114. The number of rotatable bonds is 2. The van der Waals surface area contributed by atoms with Gasteiger partial charge in [0.15, 0.2) is 0 Å². The number of likely N-dealkylation sites (N-methyl/N-ethyl adjacent to an activating group) is 1. The van der Waals surface area contributed by atoms with Gasteiger partial charge in [0.1, 0.15) is 5.69 Å². The zero-order chi connectivity index (χ0) is 16.0. The second kappa shape index (κ2) is 4.95. The number of amides is 1. The first-order valence-electron chi connectivity index (χ1n) is 7.30. The number of fused-ring (bicyclic) bond motifs is 1. The predicted octanol–water partition coefficient (Wildman–Crippen LogP) is 2.04. The molecule has 114 valence electrons. The van der Waals surface area contributed by atoms with Crippen LogP contribution in [0.2, 0.25) is 0 Å². The summed E-state index contributed by atoms with van der Waals surface area (Å²) >= 11 is 0. The topological polar surface area (TPSA) is 77.0 Å². The first-order chi connectivity index (χ1) is 11.1. The van der Waals surface area contributed by atoms with E-state index in [0.29, 0.717) is 12.1 Å². The molecule has 2 heterocycles. The summed E-state index contributed by atoms with van der Waals surface area (Å²) in [5, 5.41) is 8.40. The largest absolute Gasteiger partial charge is 0.399 e. The van der Waals surface area contributed by atoms with Crippen molar-refractivity contribution in [2.24, 2.45) is 0 Å². The van der Waals surface area contributed by atoms with E-state index in [9.17, 15) is 4.79 Å². The Morgan fingerprint density at radius 2 is 1.91 bits per heavy atom. The molecule has 0 aliphatic carbocycles. The summed E-state index contributed by atoms with van der Waals surface area (Å²) in [6.07, 6.45) is 2.31. The molecule has 2 aromatic carbocycles. The minimum atomic E-state index is 0.114. The average Bonchev–Trinajstić information content (AvgIpc) is 3.14. The van der Waals surface area contributed by atoms with Gasteiger partial charge in [0.25, 0.3) is 0 Å². The van der Waals surface area contributed by atoms with Gasteiger partial charge in [0.2, 0.25) is 5.91 Å². The number of benzene rings is 2. The fourth-order valence-electron chi connectivity index (χ4n) is 2.78. The van der Waals surface area contributed by atoms with Gasteiger partial charge in [-0.1, -0.05) is 11.3 Å². The Morgan fingerprint density at radius 1 is 1.13 bits per heavy atom. The molecule has 0 unspecified atom stereocenters. The highest BCUT2D eigenvalue weighted by molar-refractivity contribution is 6.01.